The zero-order valence-corrected chi connectivity index (χ0v) is 21.5. The first-order chi connectivity index (χ1) is 17.3. The molecule has 2 aliphatic rings. The molecule has 190 valence electrons. The first-order valence-corrected chi connectivity index (χ1v) is 13.9. The van der Waals surface area contributed by atoms with Crippen molar-refractivity contribution in [3.63, 3.8) is 0 Å². The largest absolute Gasteiger partial charge is 0.490 e. The van der Waals surface area contributed by atoms with Crippen LogP contribution < -0.4 is 9.47 Å². The fourth-order valence-corrected chi connectivity index (χ4v) is 6.73. The Kier molecular flexibility index (Phi) is 7.10. The predicted molar refractivity (Wildman–Crippen MR) is 137 cm³/mol. The Bertz CT molecular complexity index is 1350. The Morgan fingerprint density at radius 2 is 1.53 bits per heavy atom. The third-order valence-corrected chi connectivity index (χ3v) is 8.92. The lowest BCUT2D eigenvalue weighted by Gasteiger charge is -2.22. The molecule has 7 nitrogen and oxygen atoms in total. The summed E-state index contributed by atoms with van der Waals surface area (Å²) in [6, 6.07) is 16.5. The lowest BCUT2D eigenvalue weighted by atomic mass is 10.1. The normalized spacial score (nSPS) is 21.1. The molecule has 5 rings (SSSR count). The van der Waals surface area contributed by atoms with Crippen molar-refractivity contribution in [1.29, 1.82) is 0 Å². The summed E-state index contributed by atoms with van der Waals surface area (Å²) in [6.07, 6.45) is 4.42. The quantitative estimate of drug-likeness (QED) is 0.391. The molecule has 1 saturated heterocycles. The summed E-state index contributed by atoms with van der Waals surface area (Å²) < 4.78 is 45.5. The van der Waals surface area contributed by atoms with Crippen LogP contribution in [0, 0.1) is 0 Å². The lowest BCUT2D eigenvalue weighted by molar-refractivity contribution is -0.144. The number of rotatable bonds is 7. The van der Waals surface area contributed by atoms with E-state index in [-0.39, 0.29) is 24.0 Å². The highest BCUT2D eigenvalue weighted by molar-refractivity contribution is 7.89. The first-order valence-electron chi connectivity index (χ1n) is 12.1. The van der Waals surface area contributed by atoms with Crippen LogP contribution >= 0.6 is 11.6 Å². The van der Waals surface area contributed by atoms with Crippen LogP contribution in [0.25, 0.3) is 10.8 Å². The predicted octanol–water partition coefficient (Wildman–Crippen LogP) is 5.20. The summed E-state index contributed by atoms with van der Waals surface area (Å²) in [5, 5.41) is 2.23. The number of sulfonamides is 1. The van der Waals surface area contributed by atoms with Gasteiger partial charge in [-0.25, -0.2) is 8.42 Å². The van der Waals surface area contributed by atoms with E-state index >= 15 is 0 Å². The molecule has 0 N–H and O–H groups in total. The molecule has 0 spiro atoms. The van der Waals surface area contributed by atoms with E-state index in [0.29, 0.717) is 10.8 Å². The van der Waals surface area contributed by atoms with Crippen molar-refractivity contribution in [2.75, 3.05) is 13.7 Å². The third kappa shape index (κ3) is 5.16. The molecule has 2 fully saturated rings. The summed E-state index contributed by atoms with van der Waals surface area (Å²) in [7, 11) is -2.74. The Morgan fingerprint density at radius 3 is 2.25 bits per heavy atom. The number of hydrogen-bond donors (Lipinski definition) is 0. The molecule has 0 radical (unpaired) electrons. The van der Waals surface area contributed by atoms with Gasteiger partial charge in [0.05, 0.1) is 24.7 Å². The smallest absolute Gasteiger partial charge is 0.324 e. The number of methoxy groups -OCH3 is 1. The van der Waals surface area contributed by atoms with Crippen molar-refractivity contribution in [3.05, 3.63) is 65.7 Å². The van der Waals surface area contributed by atoms with E-state index < -0.39 is 28.1 Å². The summed E-state index contributed by atoms with van der Waals surface area (Å²) >= 11 is 5.94. The number of carbonyl (C=O) groups is 1. The SMILES string of the molecule is COC(=O)[C@@H]1C[C@H](Oc2ccc(Cl)cc2)CN1S(=O)(=O)c1ccc2cc(OC3CCCC3)ccc2c1. The molecule has 1 aliphatic carbocycles. The van der Waals surface area contributed by atoms with E-state index in [2.05, 4.69) is 0 Å². The second kappa shape index (κ2) is 10.3. The van der Waals surface area contributed by atoms with Crippen molar-refractivity contribution in [3.8, 4) is 11.5 Å². The van der Waals surface area contributed by atoms with Gasteiger partial charge in [-0.1, -0.05) is 23.7 Å². The second-order valence-electron chi connectivity index (χ2n) is 9.24. The topological polar surface area (TPSA) is 82.1 Å². The molecule has 2 atom stereocenters. The maximum atomic E-state index is 13.7. The van der Waals surface area contributed by atoms with Crippen molar-refractivity contribution >= 4 is 38.4 Å². The summed E-state index contributed by atoms with van der Waals surface area (Å²) in [5.41, 5.74) is 0. The zero-order valence-electron chi connectivity index (χ0n) is 19.9. The number of esters is 1. The van der Waals surface area contributed by atoms with Gasteiger partial charge in [0.15, 0.2) is 0 Å². The second-order valence-corrected chi connectivity index (χ2v) is 11.6. The fourth-order valence-electron chi connectivity index (χ4n) is 4.95. The van der Waals surface area contributed by atoms with Crippen LogP contribution in [0.5, 0.6) is 11.5 Å². The fraction of sp³-hybridized carbons (Fsp3) is 0.370. The van der Waals surface area contributed by atoms with Crippen molar-refractivity contribution in [2.45, 2.75) is 55.2 Å². The van der Waals surface area contributed by atoms with Crippen molar-refractivity contribution < 1.29 is 27.4 Å². The molecule has 0 unspecified atom stereocenters. The van der Waals surface area contributed by atoms with Crippen molar-refractivity contribution in [1.82, 2.24) is 4.31 Å². The van der Waals surface area contributed by atoms with Gasteiger partial charge in [-0.3, -0.25) is 4.79 Å². The number of nitrogens with zero attached hydrogens (tertiary/aromatic N) is 1. The van der Waals surface area contributed by atoms with Gasteiger partial charge in [0.1, 0.15) is 23.6 Å². The highest BCUT2D eigenvalue weighted by Gasteiger charge is 2.45. The van der Waals surface area contributed by atoms with E-state index in [9.17, 15) is 13.2 Å². The average molecular weight is 530 g/mol. The summed E-state index contributed by atoms with van der Waals surface area (Å²) in [6.45, 7) is 0.0247. The Morgan fingerprint density at radius 1 is 0.889 bits per heavy atom. The van der Waals surface area contributed by atoms with E-state index in [0.717, 1.165) is 29.4 Å². The number of hydrogen-bond acceptors (Lipinski definition) is 6. The van der Waals surface area contributed by atoms with E-state index in [4.69, 9.17) is 25.8 Å². The van der Waals surface area contributed by atoms with Crippen LogP contribution in [-0.2, 0) is 19.6 Å². The van der Waals surface area contributed by atoms with Crippen LogP contribution in [0.4, 0.5) is 0 Å². The van der Waals surface area contributed by atoms with Gasteiger partial charge in [-0.2, -0.15) is 4.31 Å². The van der Waals surface area contributed by atoms with Crippen LogP contribution in [0.3, 0.4) is 0 Å². The van der Waals surface area contributed by atoms with Crippen LogP contribution in [-0.4, -0.2) is 50.6 Å². The first kappa shape index (κ1) is 24.9. The highest BCUT2D eigenvalue weighted by atomic mass is 35.5. The third-order valence-electron chi connectivity index (χ3n) is 6.80. The van der Waals surface area contributed by atoms with Gasteiger partial charge in [0, 0.05) is 11.4 Å². The summed E-state index contributed by atoms with van der Waals surface area (Å²) in [5.74, 6) is 0.723. The Labute approximate surface area is 215 Å². The van der Waals surface area contributed by atoms with Gasteiger partial charge in [-0.15, -0.1) is 0 Å². The van der Waals surface area contributed by atoms with Crippen molar-refractivity contribution in [2.24, 2.45) is 0 Å². The highest BCUT2D eigenvalue weighted by Crippen LogP contribution is 2.32. The minimum Gasteiger partial charge on any atom is -0.490 e. The molecule has 1 heterocycles. The minimum absolute atomic E-state index is 0.0247. The molecule has 1 aliphatic heterocycles. The number of fused-ring (bicyclic) bond motifs is 1. The molecular formula is C27H28ClNO6S. The lowest BCUT2D eigenvalue weighted by Crippen LogP contribution is -2.41. The van der Waals surface area contributed by atoms with Crippen LogP contribution in [0.2, 0.25) is 5.02 Å². The Hall–Kier alpha value is -2.81. The molecular weight excluding hydrogens is 502 g/mol. The zero-order chi connectivity index (χ0) is 25.3. The maximum absolute atomic E-state index is 13.7. The molecule has 0 bridgehead atoms. The molecule has 3 aromatic rings. The summed E-state index contributed by atoms with van der Waals surface area (Å²) in [4.78, 5) is 12.6. The molecule has 9 heteroatoms. The maximum Gasteiger partial charge on any atom is 0.324 e. The number of benzene rings is 3. The molecule has 1 saturated carbocycles. The monoisotopic (exact) mass is 529 g/mol. The Balaban J connectivity index is 1.38. The van der Waals surface area contributed by atoms with Gasteiger partial charge in [0.2, 0.25) is 10.0 Å². The van der Waals surface area contributed by atoms with Gasteiger partial charge in [-0.05, 0) is 85.0 Å². The molecule has 0 aromatic heterocycles. The number of halogens is 1. The minimum atomic E-state index is -3.99. The van der Waals surface area contributed by atoms with Gasteiger partial charge < -0.3 is 14.2 Å². The molecule has 36 heavy (non-hydrogen) atoms. The van der Waals surface area contributed by atoms with Crippen LogP contribution in [0.1, 0.15) is 32.1 Å². The van der Waals surface area contributed by atoms with Crippen LogP contribution in [0.15, 0.2) is 65.6 Å². The average Bonchev–Trinajstić information content (AvgIpc) is 3.55. The van der Waals surface area contributed by atoms with Gasteiger partial charge in [0.25, 0.3) is 0 Å². The molecule has 0 amide bonds. The van der Waals surface area contributed by atoms with E-state index in [1.54, 1.807) is 42.5 Å². The number of carbonyl (C=O) groups excluding carboxylic acids is 1. The van der Waals surface area contributed by atoms with E-state index in [1.807, 2.05) is 18.2 Å². The number of ether oxygens (including phenoxy) is 3. The van der Waals surface area contributed by atoms with Gasteiger partial charge >= 0.3 is 5.97 Å². The van der Waals surface area contributed by atoms with E-state index in [1.165, 1.54) is 24.3 Å². The molecule has 3 aromatic carbocycles. The standard InChI is InChI=1S/C27H28ClNO6S/c1-33-27(30)26-16-24(35-22-11-8-20(28)9-12-22)17-29(26)36(31,32)25-13-7-18-14-23(10-6-19(18)15-25)34-21-4-2-3-5-21/h6-15,21,24,26H,2-5,16-17H2,1H3/t24-,26-/m0/s1.